The second kappa shape index (κ2) is 7.34. The Morgan fingerprint density at radius 2 is 1.81 bits per heavy atom. The zero-order valence-electron chi connectivity index (χ0n) is 11.4. The van der Waals surface area contributed by atoms with Crippen LogP contribution < -0.4 is 9.47 Å². The molecule has 0 saturated heterocycles. The highest BCUT2D eigenvalue weighted by Crippen LogP contribution is 2.36. The molecule has 0 aliphatic carbocycles. The molecular formula is C16H14Cl2O3. The maximum Gasteiger partial charge on any atom is 0.180 e. The first kappa shape index (κ1) is 15.7. The SMILES string of the molecule is CCOc1cc(C=O)cc(Cl)c1OCc1ccc(Cl)cc1. The van der Waals surface area contributed by atoms with Gasteiger partial charge in [-0.3, -0.25) is 4.79 Å². The molecule has 0 N–H and O–H groups in total. The fourth-order valence-electron chi connectivity index (χ4n) is 1.80. The summed E-state index contributed by atoms with van der Waals surface area (Å²) in [5.74, 6) is 0.889. The molecule has 0 radical (unpaired) electrons. The summed E-state index contributed by atoms with van der Waals surface area (Å²) >= 11 is 12.0. The van der Waals surface area contributed by atoms with Crippen LogP contribution >= 0.6 is 23.2 Å². The van der Waals surface area contributed by atoms with Gasteiger partial charge >= 0.3 is 0 Å². The lowest BCUT2D eigenvalue weighted by Gasteiger charge is -2.14. The maximum atomic E-state index is 10.9. The number of benzene rings is 2. The van der Waals surface area contributed by atoms with E-state index in [1.54, 1.807) is 24.3 Å². The van der Waals surface area contributed by atoms with Crippen molar-refractivity contribution in [1.29, 1.82) is 0 Å². The topological polar surface area (TPSA) is 35.5 Å². The van der Waals surface area contributed by atoms with Gasteiger partial charge in [0.2, 0.25) is 0 Å². The first-order valence-electron chi connectivity index (χ1n) is 6.42. The van der Waals surface area contributed by atoms with Gasteiger partial charge in [0.15, 0.2) is 11.5 Å². The highest BCUT2D eigenvalue weighted by atomic mass is 35.5. The van der Waals surface area contributed by atoms with Crippen molar-refractivity contribution < 1.29 is 14.3 Å². The quantitative estimate of drug-likeness (QED) is 0.717. The molecular weight excluding hydrogens is 311 g/mol. The van der Waals surface area contributed by atoms with Gasteiger partial charge < -0.3 is 9.47 Å². The molecule has 0 unspecified atom stereocenters. The summed E-state index contributed by atoms with van der Waals surface area (Å²) in [7, 11) is 0. The van der Waals surface area contributed by atoms with E-state index in [-0.39, 0.29) is 0 Å². The van der Waals surface area contributed by atoms with Crippen molar-refractivity contribution >= 4 is 29.5 Å². The lowest BCUT2D eigenvalue weighted by Crippen LogP contribution is -2.01. The zero-order chi connectivity index (χ0) is 15.2. The van der Waals surface area contributed by atoms with Gasteiger partial charge in [0, 0.05) is 10.6 Å². The Kier molecular flexibility index (Phi) is 5.48. The maximum absolute atomic E-state index is 10.9. The monoisotopic (exact) mass is 324 g/mol. The van der Waals surface area contributed by atoms with Gasteiger partial charge in [-0.1, -0.05) is 35.3 Å². The van der Waals surface area contributed by atoms with Gasteiger partial charge in [-0.25, -0.2) is 0 Å². The molecule has 0 atom stereocenters. The smallest absolute Gasteiger partial charge is 0.180 e. The molecule has 0 spiro atoms. The van der Waals surface area contributed by atoms with E-state index in [4.69, 9.17) is 32.7 Å². The summed E-state index contributed by atoms with van der Waals surface area (Å²) in [4.78, 5) is 10.9. The van der Waals surface area contributed by atoms with Crippen molar-refractivity contribution in [1.82, 2.24) is 0 Å². The Labute approximate surface area is 133 Å². The molecule has 2 rings (SSSR count). The molecule has 110 valence electrons. The third-order valence-electron chi connectivity index (χ3n) is 2.76. The van der Waals surface area contributed by atoms with Crippen molar-refractivity contribution in [2.24, 2.45) is 0 Å². The van der Waals surface area contributed by atoms with Crippen LogP contribution in [0.2, 0.25) is 10.0 Å². The average Bonchev–Trinajstić information content (AvgIpc) is 2.48. The van der Waals surface area contributed by atoms with Crippen molar-refractivity contribution in [2.75, 3.05) is 6.61 Å². The van der Waals surface area contributed by atoms with Crippen LogP contribution in [0.25, 0.3) is 0 Å². The largest absolute Gasteiger partial charge is 0.490 e. The summed E-state index contributed by atoms with van der Waals surface area (Å²) in [5, 5.41) is 1.01. The van der Waals surface area contributed by atoms with E-state index in [9.17, 15) is 4.79 Å². The number of ether oxygens (including phenoxy) is 2. The third kappa shape index (κ3) is 4.13. The van der Waals surface area contributed by atoms with E-state index >= 15 is 0 Å². The van der Waals surface area contributed by atoms with Crippen LogP contribution in [-0.4, -0.2) is 12.9 Å². The van der Waals surface area contributed by atoms with E-state index < -0.39 is 0 Å². The van der Waals surface area contributed by atoms with E-state index in [2.05, 4.69) is 0 Å². The molecule has 5 heteroatoms. The van der Waals surface area contributed by atoms with Crippen LogP contribution in [0.1, 0.15) is 22.8 Å². The predicted octanol–water partition coefficient (Wildman–Crippen LogP) is 4.78. The molecule has 0 fully saturated rings. The van der Waals surface area contributed by atoms with Crippen molar-refractivity contribution in [3.05, 3.63) is 57.6 Å². The number of aldehydes is 1. The van der Waals surface area contributed by atoms with Gasteiger partial charge in [-0.15, -0.1) is 0 Å². The van der Waals surface area contributed by atoms with Crippen LogP contribution in [0.4, 0.5) is 0 Å². The fraction of sp³-hybridized carbons (Fsp3) is 0.188. The number of carbonyl (C=O) groups is 1. The molecule has 0 heterocycles. The van der Waals surface area contributed by atoms with Crippen molar-refractivity contribution in [3.8, 4) is 11.5 Å². The van der Waals surface area contributed by atoms with Gasteiger partial charge in [0.25, 0.3) is 0 Å². The fourth-order valence-corrected chi connectivity index (χ4v) is 2.19. The Hall–Kier alpha value is -1.71. The van der Waals surface area contributed by atoms with Crippen molar-refractivity contribution in [2.45, 2.75) is 13.5 Å². The summed E-state index contributed by atoms with van der Waals surface area (Å²) in [5.41, 5.74) is 1.40. The molecule has 2 aromatic rings. The Bertz CT molecular complexity index is 624. The molecule has 2 aromatic carbocycles. The first-order valence-corrected chi connectivity index (χ1v) is 7.18. The predicted molar refractivity (Wildman–Crippen MR) is 83.8 cm³/mol. The lowest BCUT2D eigenvalue weighted by molar-refractivity contribution is 0.112. The number of halogens is 2. The molecule has 0 saturated carbocycles. The van der Waals surface area contributed by atoms with Gasteiger partial charge in [-0.2, -0.15) is 0 Å². The number of hydrogen-bond acceptors (Lipinski definition) is 3. The van der Waals surface area contributed by atoms with Gasteiger partial charge in [-0.05, 0) is 36.8 Å². The minimum Gasteiger partial charge on any atom is -0.490 e. The molecule has 0 aliphatic rings. The summed E-state index contributed by atoms with van der Waals surface area (Å²) in [6, 6.07) is 10.5. The van der Waals surface area contributed by atoms with Crippen LogP contribution in [0.3, 0.4) is 0 Å². The normalized spacial score (nSPS) is 10.2. The molecule has 0 amide bonds. The molecule has 0 bridgehead atoms. The average molecular weight is 325 g/mol. The molecule has 0 aromatic heterocycles. The van der Waals surface area contributed by atoms with Crippen LogP contribution in [0, 0.1) is 0 Å². The number of rotatable bonds is 6. The summed E-state index contributed by atoms with van der Waals surface area (Å²) in [6.45, 7) is 2.64. The highest BCUT2D eigenvalue weighted by molar-refractivity contribution is 6.32. The lowest BCUT2D eigenvalue weighted by atomic mass is 10.2. The Morgan fingerprint density at radius 3 is 2.43 bits per heavy atom. The third-order valence-corrected chi connectivity index (χ3v) is 3.30. The second-order valence-corrected chi connectivity index (χ2v) is 5.14. The Morgan fingerprint density at radius 1 is 1.10 bits per heavy atom. The van der Waals surface area contributed by atoms with E-state index in [1.807, 2.05) is 19.1 Å². The molecule has 3 nitrogen and oxygen atoms in total. The summed E-state index contributed by atoms with van der Waals surface area (Å²) < 4.78 is 11.2. The minimum absolute atomic E-state index is 0.331. The highest BCUT2D eigenvalue weighted by Gasteiger charge is 2.12. The van der Waals surface area contributed by atoms with Gasteiger partial charge in [0.05, 0.1) is 11.6 Å². The summed E-state index contributed by atoms with van der Waals surface area (Å²) in [6.07, 6.45) is 0.720. The number of carbonyl (C=O) groups excluding carboxylic acids is 1. The van der Waals surface area contributed by atoms with Crippen LogP contribution in [-0.2, 0) is 6.61 Å². The molecule has 21 heavy (non-hydrogen) atoms. The Balaban J connectivity index is 2.21. The standard InChI is InChI=1S/C16H14Cl2O3/c1-2-20-15-8-12(9-19)7-14(18)16(15)21-10-11-3-5-13(17)6-4-11/h3-9H,2,10H2,1H3. The van der Waals surface area contributed by atoms with E-state index in [0.717, 1.165) is 11.8 Å². The van der Waals surface area contributed by atoms with Crippen LogP contribution in [0.15, 0.2) is 36.4 Å². The minimum atomic E-state index is 0.331. The van der Waals surface area contributed by atoms with E-state index in [1.165, 1.54) is 0 Å². The van der Waals surface area contributed by atoms with Crippen LogP contribution in [0.5, 0.6) is 11.5 Å². The number of hydrogen-bond donors (Lipinski definition) is 0. The van der Waals surface area contributed by atoms with Gasteiger partial charge in [0.1, 0.15) is 12.9 Å². The first-order chi connectivity index (χ1) is 10.1. The van der Waals surface area contributed by atoms with E-state index in [0.29, 0.717) is 40.3 Å². The molecule has 0 aliphatic heterocycles. The van der Waals surface area contributed by atoms with Crippen molar-refractivity contribution in [3.63, 3.8) is 0 Å². The zero-order valence-corrected chi connectivity index (χ0v) is 12.9. The second-order valence-electron chi connectivity index (χ2n) is 4.30.